The molecule has 0 aliphatic rings. The molecule has 3 aromatic rings. The van der Waals surface area contributed by atoms with E-state index in [1.54, 1.807) is 42.5 Å². The summed E-state index contributed by atoms with van der Waals surface area (Å²) in [5.74, 6) is -0.417. The number of hydrogen-bond donors (Lipinski definition) is 1. The Hall–Kier alpha value is -2.63. The van der Waals surface area contributed by atoms with E-state index in [4.69, 9.17) is 32.8 Å². The zero-order chi connectivity index (χ0) is 17.1. The van der Waals surface area contributed by atoms with Gasteiger partial charge in [-0.25, -0.2) is 4.79 Å². The lowest BCUT2D eigenvalue weighted by atomic mass is 10.1. The molecule has 7 heteroatoms. The Balaban J connectivity index is 1.83. The molecule has 1 N–H and O–H groups in total. The standard InChI is InChI=1S/C17H10Cl2N2O3/c18-13-7-5-11(6-8-13)15-20-16(24-21-15)14(19)9-10-1-3-12(4-2-10)17(22)23/h1-9H,(H,22,23)/b14-9-. The van der Waals surface area contributed by atoms with E-state index in [2.05, 4.69) is 10.1 Å². The van der Waals surface area contributed by atoms with E-state index < -0.39 is 5.97 Å². The second kappa shape index (κ2) is 6.86. The molecule has 0 saturated heterocycles. The minimum Gasteiger partial charge on any atom is -0.478 e. The molecule has 0 saturated carbocycles. The fraction of sp³-hybridized carbons (Fsp3) is 0. The summed E-state index contributed by atoms with van der Waals surface area (Å²) in [5, 5.41) is 13.6. The van der Waals surface area contributed by atoms with Gasteiger partial charge in [0.05, 0.1) is 5.56 Å². The Morgan fingerprint density at radius 1 is 1.08 bits per heavy atom. The van der Waals surface area contributed by atoms with Crippen LogP contribution in [0.1, 0.15) is 21.8 Å². The van der Waals surface area contributed by atoms with Gasteiger partial charge in [0.1, 0.15) is 5.03 Å². The van der Waals surface area contributed by atoms with Gasteiger partial charge in [0.25, 0.3) is 5.89 Å². The van der Waals surface area contributed by atoms with E-state index in [-0.39, 0.29) is 16.5 Å². The van der Waals surface area contributed by atoms with Gasteiger partial charge in [-0.15, -0.1) is 0 Å². The topological polar surface area (TPSA) is 76.2 Å². The maximum absolute atomic E-state index is 10.8. The molecule has 3 rings (SSSR count). The van der Waals surface area contributed by atoms with Gasteiger partial charge in [-0.3, -0.25) is 0 Å². The van der Waals surface area contributed by atoms with E-state index in [1.165, 1.54) is 12.1 Å². The Bertz CT molecular complexity index is 900. The zero-order valence-corrected chi connectivity index (χ0v) is 13.6. The molecule has 1 heterocycles. The van der Waals surface area contributed by atoms with Crippen LogP contribution >= 0.6 is 23.2 Å². The van der Waals surface area contributed by atoms with Gasteiger partial charge >= 0.3 is 5.97 Å². The van der Waals surface area contributed by atoms with Crippen LogP contribution in [0.25, 0.3) is 22.5 Å². The molecule has 24 heavy (non-hydrogen) atoms. The highest BCUT2D eigenvalue weighted by Gasteiger charge is 2.11. The first kappa shape index (κ1) is 16.2. The minimum atomic E-state index is -0.985. The average molecular weight is 361 g/mol. The van der Waals surface area contributed by atoms with Crippen LogP contribution in [0.5, 0.6) is 0 Å². The summed E-state index contributed by atoms with van der Waals surface area (Å²) in [6, 6.07) is 13.3. The molecule has 0 fully saturated rings. The van der Waals surface area contributed by atoms with Crippen molar-refractivity contribution in [3.63, 3.8) is 0 Å². The van der Waals surface area contributed by atoms with Crippen LogP contribution in [-0.2, 0) is 0 Å². The van der Waals surface area contributed by atoms with Crippen molar-refractivity contribution in [2.24, 2.45) is 0 Å². The normalized spacial score (nSPS) is 11.5. The maximum atomic E-state index is 10.8. The number of carboxylic acids is 1. The van der Waals surface area contributed by atoms with Crippen molar-refractivity contribution in [2.75, 3.05) is 0 Å². The second-order valence-corrected chi connectivity index (χ2v) is 5.69. The van der Waals surface area contributed by atoms with Crippen molar-refractivity contribution in [1.82, 2.24) is 10.1 Å². The van der Waals surface area contributed by atoms with Crippen molar-refractivity contribution < 1.29 is 14.4 Å². The van der Waals surface area contributed by atoms with Gasteiger partial charge in [-0.1, -0.05) is 40.5 Å². The average Bonchev–Trinajstić information content (AvgIpc) is 3.06. The number of aromatic nitrogens is 2. The minimum absolute atomic E-state index is 0.170. The molecule has 2 aromatic carbocycles. The molecule has 0 unspecified atom stereocenters. The summed E-state index contributed by atoms with van der Waals surface area (Å²) in [5.41, 5.74) is 1.67. The molecule has 0 atom stereocenters. The zero-order valence-electron chi connectivity index (χ0n) is 12.1. The van der Waals surface area contributed by atoms with Crippen LogP contribution in [0.3, 0.4) is 0 Å². The Kier molecular flexibility index (Phi) is 4.64. The van der Waals surface area contributed by atoms with Crippen LogP contribution in [-0.4, -0.2) is 21.2 Å². The monoisotopic (exact) mass is 360 g/mol. The fourth-order valence-corrected chi connectivity index (χ4v) is 2.30. The van der Waals surface area contributed by atoms with Gasteiger partial charge in [0.2, 0.25) is 5.82 Å². The van der Waals surface area contributed by atoms with Gasteiger partial charge in [0, 0.05) is 10.6 Å². The van der Waals surface area contributed by atoms with Crippen molar-refractivity contribution in [1.29, 1.82) is 0 Å². The highest BCUT2D eigenvalue weighted by molar-refractivity contribution is 6.50. The Morgan fingerprint density at radius 2 is 1.75 bits per heavy atom. The summed E-state index contributed by atoms with van der Waals surface area (Å²) in [6.45, 7) is 0. The highest BCUT2D eigenvalue weighted by Crippen LogP contribution is 2.24. The van der Waals surface area contributed by atoms with Crippen LogP contribution in [0, 0.1) is 0 Å². The first-order valence-electron chi connectivity index (χ1n) is 6.83. The quantitative estimate of drug-likeness (QED) is 0.721. The first-order chi connectivity index (χ1) is 11.5. The second-order valence-electron chi connectivity index (χ2n) is 4.85. The lowest BCUT2D eigenvalue weighted by molar-refractivity contribution is 0.0697. The van der Waals surface area contributed by atoms with Gasteiger partial charge in [0.15, 0.2) is 0 Å². The van der Waals surface area contributed by atoms with Gasteiger partial charge < -0.3 is 9.63 Å². The molecule has 0 spiro atoms. The maximum Gasteiger partial charge on any atom is 0.335 e. The third-order valence-electron chi connectivity index (χ3n) is 3.18. The summed E-state index contributed by atoms with van der Waals surface area (Å²) < 4.78 is 5.16. The van der Waals surface area contributed by atoms with Crippen molar-refractivity contribution in [2.45, 2.75) is 0 Å². The molecule has 0 bridgehead atoms. The largest absolute Gasteiger partial charge is 0.478 e. The van der Waals surface area contributed by atoms with Crippen molar-refractivity contribution in [3.8, 4) is 11.4 Å². The summed E-state index contributed by atoms with van der Waals surface area (Å²) in [7, 11) is 0. The predicted molar refractivity (Wildman–Crippen MR) is 91.9 cm³/mol. The summed E-state index contributed by atoms with van der Waals surface area (Å²) in [4.78, 5) is 15.1. The van der Waals surface area contributed by atoms with Crippen molar-refractivity contribution >= 4 is 40.3 Å². The van der Waals surface area contributed by atoms with Crippen LogP contribution in [0.2, 0.25) is 5.02 Å². The highest BCUT2D eigenvalue weighted by atomic mass is 35.5. The fourth-order valence-electron chi connectivity index (χ4n) is 1.97. The molecule has 5 nitrogen and oxygen atoms in total. The molecular formula is C17H10Cl2N2O3. The smallest absolute Gasteiger partial charge is 0.335 e. The summed E-state index contributed by atoms with van der Waals surface area (Å²) >= 11 is 12.0. The molecule has 1 aromatic heterocycles. The van der Waals surface area contributed by atoms with E-state index in [1.807, 2.05) is 0 Å². The molecular weight excluding hydrogens is 351 g/mol. The van der Waals surface area contributed by atoms with Crippen LogP contribution in [0.15, 0.2) is 53.1 Å². The summed E-state index contributed by atoms with van der Waals surface area (Å²) in [6.07, 6.45) is 1.62. The molecule has 0 aliphatic heterocycles. The molecule has 0 amide bonds. The third-order valence-corrected chi connectivity index (χ3v) is 3.71. The van der Waals surface area contributed by atoms with E-state index in [9.17, 15) is 4.79 Å². The lowest BCUT2D eigenvalue weighted by Gasteiger charge is -1.97. The molecule has 120 valence electrons. The Labute approximate surface area is 147 Å². The van der Waals surface area contributed by atoms with Gasteiger partial charge in [-0.2, -0.15) is 4.98 Å². The number of carbonyl (C=O) groups is 1. The predicted octanol–water partition coefficient (Wildman–Crippen LogP) is 4.83. The first-order valence-corrected chi connectivity index (χ1v) is 7.59. The van der Waals surface area contributed by atoms with Crippen LogP contribution < -0.4 is 0 Å². The van der Waals surface area contributed by atoms with E-state index in [0.717, 1.165) is 11.1 Å². The number of aromatic carboxylic acids is 1. The molecule has 0 radical (unpaired) electrons. The number of benzene rings is 2. The molecule has 0 aliphatic carbocycles. The number of hydrogen-bond acceptors (Lipinski definition) is 4. The van der Waals surface area contributed by atoms with Crippen LogP contribution in [0.4, 0.5) is 0 Å². The van der Waals surface area contributed by atoms with Gasteiger partial charge in [-0.05, 0) is 48.0 Å². The Morgan fingerprint density at radius 3 is 2.38 bits per heavy atom. The van der Waals surface area contributed by atoms with E-state index in [0.29, 0.717) is 10.8 Å². The number of rotatable bonds is 4. The lowest BCUT2D eigenvalue weighted by Crippen LogP contribution is -1.94. The van der Waals surface area contributed by atoms with Crippen molar-refractivity contribution in [3.05, 3.63) is 70.6 Å². The number of nitrogens with zero attached hydrogens (tertiary/aromatic N) is 2. The SMILES string of the molecule is O=C(O)c1ccc(/C=C(\Cl)c2nc(-c3ccc(Cl)cc3)no2)cc1. The third kappa shape index (κ3) is 3.64. The number of carboxylic acid groups (broad SMARTS) is 1. The van der Waals surface area contributed by atoms with E-state index >= 15 is 0 Å². The number of halogens is 2.